The van der Waals surface area contributed by atoms with Gasteiger partial charge in [-0.05, 0) is 18.4 Å². The first-order chi connectivity index (χ1) is 5.83. The molecule has 0 nitrogen and oxygen atoms in total. The SMILES string of the molecule is Cc1sc2ccccc2c1CF. The van der Waals surface area contributed by atoms with Crippen molar-refractivity contribution in [2.24, 2.45) is 0 Å². The monoisotopic (exact) mass is 180 g/mol. The third-order valence-corrected chi connectivity index (χ3v) is 3.16. The molecule has 2 heteroatoms. The number of halogens is 1. The third kappa shape index (κ3) is 1.03. The fourth-order valence-corrected chi connectivity index (χ4v) is 2.45. The first-order valence-corrected chi connectivity index (χ1v) is 4.67. The van der Waals surface area contributed by atoms with Gasteiger partial charge >= 0.3 is 0 Å². The standard InChI is InChI=1S/C10H9FS/c1-7-9(6-11)8-4-2-3-5-10(8)12-7/h2-5H,6H2,1H3. The molecule has 0 N–H and O–H groups in total. The van der Waals surface area contributed by atoms with Crippen molar-refractivity contribution in [2.75, 3.05) is 0 Å². The van der Waals surface area contributed by atoms with Crippen LogP contribution in [0.5, 0.6) is 0 Å². The Bertz CT molecular complexity index is 403. The molecule has 0 amide bonds. The summed E-state index contributed by atoms with van der Waals surface area (Å²) in [7, 11) is 0. The maximum atomic E-state index is 12.6. The summed E-state index contributed by atoms with van der Waals surface area (Å²) in [6.07, 6.45) is 0. The largest absolute Gasteiger partial charge is 0.246 e. The number of aryl methyl sites for hydroxylation is 1. The number of hydrogen-bond donors (Lipinski definition) is 0. The minimum atomic E-state index is -0.351. The van der Waals surface area contributed by atoms with E-state index >= 15 is 0 Å². The highest BCUT2D eigenvalue weighted by molar-refractivity contribution is 7.19. The lowest BCUT2D eigenvalue weighted by Crippen LogP contribution is -1.76. The van der Waals surface area contributed by atoms with E-state index in [1.54, 1.807) is 11.3 Å². The van der Waals surface area contributed by atoms with Crippen LogP contribution in [0, 0.1) is 6.92 Å². The van der Waals surface area contributed by atoms with Gasteiger partial charge in [0, 0.05) is 15.1 Å². The van der Waals surface area contributed by atoms with E-state index in [1.807, 2.05) is 31.2 Å². The van der Waals surface area contributed by atoms with Gasteiger partial charge < -0.3 is 0 Å². The van der Waals surface area contributed by atoms with Crippen LogP contribution in [-0.2, 0) is 6.67 Å². The smallest absolute Gasteiger partial charge is 0.116 e. The highest BCUT2D eigenvalue weighted by Gasteiger charge is 2.06. The van der Waals surface area contributed by atoms with Crippen LogP contribution in [0.4, 0.5) is 4.39 Å². The Morgan fingerprint density at radius 1 is 1.33 bits per heavy atom. The van der Waals surface area contributed by atoms with Crippen molar-refractivity contribution >= 4 is 21.4 Å². The summed E-state index contributed by atoms with van der Waals surface area (Å²) in [5.74, 6) is 0. The summed E-state index contributed by atoms with van der Waals surface area (Å²) in [6.45, 7) is 1.62. The molecule has 2 aromatic rings. The van der Waals surface area contributed by atoms with Crippen LogP contribution in [0.2, 0.25) is 0 Å². The van der Waals surface area contributed by atoms with Gasteiger partial charge in [0.2, 0.25) is 0 Å². The second-order valence-electron chi connectivity index (χ2n) is 2.77. The molecule has 1 aromatic heterocycles. The quantitative estimate of drug-likeness (QED) is 0.628. The van der Waals surface area contributed by atoms with Crippen LogP contribution in [0.25, 0.3) is 10.1 Å². The third-order valence-electron chi connectivity index (χ3n) is 2.03. The molecule has 12 heavy (non-hydrogen) atoms. The van der Waals surface area contributed by atoms with Crippen LogP contribution in [0.3, 0.4) is 0 Å². The number of alkyl halides is 1. The minimum Gasteiger partial charge on any atom is -0.246 e. The molecule has 0 radical (unpaired) electrons. The minimum absolute atomic E-state index is 0.351. The van der Waals surface area contributed by atoms with Crippen molar-refractivity contribution in [3.63, 3.8) is 0 Å². The molecule has 0 aliphatic carbocycles. The van der Waals surface area contributed by atoms with Gasteiger partial charge in [-0.2, -0.15) is 0 Å². The van der Waals surface area contributed by atoms with E-state index in [9.17, 15) is 4.39 Å². The van der Waals surface area contributed by atoms with Crippen molar-refractivity contribution in [2.45, 2.75) is 13.6 Å². The Morgan fingerprint density at radius 2 is 2.08 bits per heavy atom. The van der Waals surface area contributed by atoms with Gasteiger partial charge in [0.25, 0.3) is 0 Å². The summed E-state index contributed by atoms with van der Waals surface area (Å²) in [6, 6.07) is 7.95. The first kappa shape index (κ1) is 7.74. The Hall–Kier alpha value is -0.890. The molecule has 1 aromatic carbocycles. The molecule has 0 unspecified atom stereocenters. The number of rotatable bonds is 1. The van der Waals surface area contributed by atoms with E-state index in [1.165, 1.54) is 4.70 Å². The van der Waals surface area contributed by atoms with Crippen molar-refractivity contribution in [3.05, 3.63) is 34.7 Å². The first-order valence-electron chi connectivity index (χ1n) is 3.86. The van der Waals surface area contributed by atoms with E-state index in [-0.39, 0.29) is 6.67 Å². The lowest BCUT2D eigenvalue weighted by molar-refractivity contribution is 0.487. The Balaban J connectivity index is 2.81. The number of hydrogen-bond acceptors (Lipinski definition) is 1. The highest BCUT2D eigenvalue weighted by atomic mass is 32.1. The van der Waals surface area contributed by atoms with E-state index in [2.05, 4.69) is 0 Å². The van der Waals surface area contributed by atoms with Crippen LogP contribution in [0.15, 0.2) is 24.3 Å². The summed E-state index contributed by atoms with van der Waals surface area (Å²) in [4.78, 5) is 1.10. The molecular formula is C10H9FS. The zero-order valence-electron chi connectivity index (χ0n) is 6.80. The Morgan fingerprint density at radius 3 is 2.83 bits per heavy atom. The van der Waals surface area contributed by atoms with Gasteiger partial charge in [0.15, 0.2) is 0 Å². The van der Waals surface area contributed by atoms with Crippen LogP contribution >= 0.6 is 11.3 Å². The van der Waals surface area contributed by atoms with Crippen molar-refractivity contribution in [1.29, 1.82) is 0 Å². The average molecular weight is 180 g/mol. The molecule has 0 aliphatic rings. The average Bonchev–Trinajstić information content (AvgIpc) is 2.40. The van der Waals surface area contributed by atoms with Crippen LogP contribution < -0.4 is 0 Å². The summed E-state index contributed by atoms with van der Waals surface area (Å²) in [5, 5.41) is 1.07. The zero-order valence-corrected chi connectivity index (χ0v) is 7.62. The van der Waals surface area contributed by atoms with Crippen molar-refractivity contribution in [3.8, 4) is 0 Å². The molecule has 0 spiro atoms. The number of fused-ring (bicyclic) bond motifs is 1. The van der Waals surface area contributed by atoms with Crippen molar-refractivity contribution in [1.82, 2.24) is 0 Å². The van der Waals surface area contributed by atoms with Crippen LogP contribution in [0.1, 0.15) is 10.4 Å². The molecule has 0 saturated carbocycles. The predicted octanol–water partition coefficient (Wildman–Crippen LogP) is 3.68. The maximum absolute atomic E-state index is 12.6. The molecule has 0 saturated heterocycles. The number of thiophene rings is 1. The normalized spacial score (nSPS) is 10.8. The van der Waals surface area contributed by atoms with Crippen LogP contribution in [-0.4, -0.2) is 0 Å². The van der Waals surface area contributed by atoms with Gasteiger partial charge in [-0.15, -0.1) is 11.3 Å². The second-order valence-corrected chi connectivity index (χ2v) is 4.02. The summed E-state index contributed by atoms with van der Waals surface area (Å²) in [5.41, 5.74) is 0.857. The molecular weight excluding hydrogens is 171 g/mol. The molecule has 2 rings (SSSR count). The predicted molar refractivity (Wildman–Crippen MR) is 51.4 cm³/mol. The molecule has 62 valence electrons. The fraction of sp³-hybridized carbons (Fsp3) is 0.200. The topological polar surface area (TPSA) is 0 Å². The van der Waals surface area contributed by atoms with E-state index in [4.69, 9.17) is 0 Å². The highest BCUT2D eigenvalue weighted by Crippen LogP contribution is 2.30. The van der Waals surface area contributed by atoms with Gasteiger partial charge in [0.05, 0.1) is 0 Å². The van der Waals surface area contributed by atoms with E-state index in [0.717, 1.165) is 15.8 Å². The Labute approximate surface area is 74.6 Å². The van der Waals surface area contributed by atoms with Crippen molar-refractivity contribution < 1.29 is 4.39 Å². The van der Waals surface area contributed by atoms with Gasteiger partial charge in [-0.25, -0.2) is 4.39 Å². The molecule has 0 fully saturated rings. The molecule has 1 heterocycles. The molecule has 0 bridgehead atoms. The van der Waals surface area contributed by atoms with Gasteiger partial charge in [-0.3, -0.25) is 0 Å². The fourth-order valence-electron chi connectivity index (χ4n) is 1.39. The second kappa shape index (κ2) is 2.87. The van der Waals surface area contributed by atoms with Gasteiger partial charge in [0.1, 0.15) is 6.67 Å². The summed E-state index contributed by atoms with van der Waals surface area (Å²) >= 11 is 1.66. The zero-order chi connectivity index (χ0) is 8.55. The molecule has 0 aliphatic heterocycles. The van der Waals surface area contributed by atoms with E-state index in [0.29, 0.717) is 0 Å². The lowest BCUT2D eigenvalue weighted by Gasteiger charge is -1.91. The lowest BCUT2D eigenvalue weighted by atomic mass is 10.1. The molecule has 0 atom stereocenters. The number of benzene rings is 1. The maximum Gasteiger partial charge on any atom is 0.116 e. The summed E-state index contributed by atoms with van der Waals surface area (Å²) < 4.78 is 13.7. The van der Waals surface area contributed by atoms with Gasteiger partial charge in [-0.1, -0.05) is 18.2 Å². The Kier molecular flexibility index (Phi) is 1.85. The van der Waals surface area contributed by atoms with E-state index < -0.39 is 0 Å².